The second kappa shape index (κ2) is 3.25. The lowest BCUT2D eigenvalue weighted by Gasteiger charge is -2.45. The maximum absolute atomic E-state index is 5.75. The van der Waals surface area contributed by atoms with E-state index in [1.165, 1.54) is 32.2 Å². The van der Waals surface area contributed by atoms with E-state index in [-0.39, 0.29) is 0 Å². The number of nitrogens with zero attached hydrogens (tertiary/aromatic N) is 1. The Morgan fingerprint density at radius 3 is 2.54 bits per heavy atom. The summed E-state index contributed by atoms with van der Waals surface area (Å²) in [6.07, 6.45) is 5.49. The Kier molecular flexibility index (Phi) is 2.37. The van der Waals surface area contributed by atoms with Crippen LogP contribution < -0.4 is 5.73 Å². The fourth-order valence-corrected chi connectivity index (χ4v) is 2.54. The van der Waals surface area contributed by atoms with Gasteiger partial charge < -0.3 is 5.73 Å². The zero-order chi connectivity index (χ0) is 9.47. The van der Waals surface area contributed by atoms with E-state index < -0.39 is 0 Å². The van der Waals surface area contributed by atoms with Crippen LogP contribution in [-0.2, 0) is 0 Å². The van der Waals surface area contributed by atoms with Crippen LogP contribution in [0.4, 0.5) is 0 Å². The van der Waals surface area contributed by atoms with Crippen molar-refractivity contribution >= 4 is 0 Å². The Labute approximate surface area is 81.5 Å². The highest BCUT2D eigenvalue weighted by Gasteiger charge is 2.41. The standard InChI is InChI=1S/C11H22N2/c1-11(2)6-5-9(7-12)8-13(11)10-3-4-10/h9-10H,3-8,12H2,1-2H3. The molecule has 0 spiro atoms. The van der Waals surface area contributed by atoms with E-state index >= 15 is 0 Å². The molecule has 76 valence electrons. The van der Waals surface area contributed by atoms with Gasteiger partial charge in [-0.1, -0.05) is 0 Å². The van der Waals surface area contributed by atoms with Crippen LogP contribution in [-0.4, -0.2) is 29.6 Å². The number of piperidine rings is 1. The highest BCUT2D eigenvalue weighted by molar-refractivity contribution is 4.97. The maximum atomic E-state index is 5.75. The number of nitrogens with two attached hydrogens (primary N) is 1. The summed E-state index contributed by atoms with van der Waals surface area (Å²) in [5.74, 6) is 0.758. The Morgan fingerprint density at radius 1 is 1.31 bits per heavy atom. The predicted octanol–water partition coefficient (Wildman–Crippen LogP) is 1.60. The van der Waals surface area contributed by atoms with E-state index in [2.05, 4.69) is 18.7 Å². The summed E-state index contributed by atoms with van der Waals surface area (Å²) in [6, 6.07) is 0.893. The third-order valence-electron chi connectivity index (χ3n) is 3.72. The molecule has 2 heteroatoms. The minimum Gasteiger partial charge on any atom is -0.330 e. The van der Waals surface area contributed by atoms with Gasteiger partial charge in [0, 0.05) is 18.1 Å². The Balaban J connectivity index is 2.01. The first kappa shape index (κ1) is 9.47. The summed E-state index contributed by atoms with van der Waals surface area (Å²) < 4.78 is 0. The quantitative estimate of drug-likeness (QED) is 0.703. The number of rotatable bonds is 2. The average molecular weight is 182 g/mol. The van der Waals surface area contributed by atoms with Gasteiger partial charge in [-0.2, -0.15) is 0 Å². The van der Waals surface area contributed by atoms with Gasteiger partial charge >= 0.3 is 0 Å². The summed E-state index contributed by atoms with van der Waals surface area (Å²) >= 11 is 0. The summed E-state index contributed by atoms with van der Waals surface area (Å²) in [4.78, 5) is 2.70. The second-order valence-electron chi connectivity index (χ2n) is 5.34. The molecule has 1 atom stereocenters. The molecule has 0 amide bonds. The van der Waals surface area contributed by atoms with Gasteiger partial charge in [-0.05, 0) is 52.0 Å². The predicted molar refractivity (Wildman–Crippen MR) is 55.6 cm³/mol. The van der Waals surface area contributed by atoms with Gasteiger partial charge in [-0.25, -0.2) is 0 Å². The maximum Gasteiger partial charge on any atom is 0.0156 e. The number of hydrogen-bond acceptors (Lipinski definition) is 2. The van der Waals surface area contributed by atoms with E-state index in [4.69, 9.17) is 5.73 Å². The topological polar surface area (TPSA) is 29.3 Å². The minimum atomic E-state index is 0.437. The zero-order valence-electron chi connectivity index (χ0n) is 8.92. The van der Waals surface area contributed by atoms with E-state index in [9.17, 15) is 0 Å². The van der Waals surface area contributed by atoms with Crippen molar-refractivity contribution in [2.75, 3.05) is 13.1 Å². The van der Waals surface area contributed by atoms with Crippen LogP contribution in [0.3, 0.4) is 0 Å². The van der Waals surface area contributed by atoms with Crippen molar-refractivity contribution in [2.45, 2.75) is 51.1 Å². The molecular weight excluding hydrogens is 160 g/mol. The highest BCUT2D eigenvalue weighted by Crippen LogP contribution is 2.39. The van der Waals surface area contributed by atoms with Gasteiger partial charge in [-0.15, -0.1) is 0 Å². The fraction of sp³-hybridized carbons (Fsp3) is 1.00. The molecule has 1 saturated carbocycles. The highest BCUT2D eigenvalue weighted by atomic mass is 15.2. The Hall–Kier alpha value is -0.0800. The van der Waals surface area contributed by atoms with Crippen LogP contribution in [0.2, 0.25) is 0 Å². The van der Waals surface area contributed by atoms with Crippen LogP contribution in [0.25, 0.3) is 0 Å². The zero-order valence-corrected chi connectivity index (χ0v) is 8.92. The molecule has 0 aromatic carbocycles. The monoisotopic (exact) mass is 182 g/mol. The number of hydrogen-bond donors (Lipinski definition) is 1. The first-order valence-corrected chi connectivity index (χ1v) is 5.60. The van der Waals surface area contributed by atoms with Gasteiger partial charge in [0.1, 0.15) is 0 Å². The Bertz CT molecular complexity index is 185. The van der Waals surface area contributed by atoms with Crippen molar-refractivity contribution in [3.63, 3.8) is 0 Å². The third kappa shape index (κ3) is 1.89. The molecule has 0 radical (unpaired) electrons. The largest absolute Gasteiger partial charge is 0.330 e. The molecular formula is C11H22N2. The van der Waals surface area contributed by atoms with E-state index in [0.717, 1.165) is 18.5 Å². The molecule has 1 aliphatic carbocycles. The summed E-state index contributed by atoms with van der Waals surface area (Å²) in [7, 11) is 0. The molecule has 2 nitrogen and oxygen atoms in total. The van der Waals surface area contributed by atoms with Crippen molar-refractivity contribution in [3.8, 4) is 0 Å². The SMILES string of the molecule is CC1(C)CCC(CN)CN1C1CC1. The van der Waals surface area contributed by atoms with E-state index in [1.54, 1.807) is 0 Å². The first-order valence-electron chi connectivity index (χ1n) is 5.60. The average Bonchev–Trinajstić information content (AvgIpc) is 2.87. The second-order valence-corrected chi connectivity index (χ2v) is 5.34. The molecule has 0 aromatic rings. The lowest BCUT2D eigenvalue weighted by Crippen LogP contribution is -2.52. The molecule has 2 fully saturated rings. The van der Waals surface area contributed by atoms with Crippen molar-refractivity contribution in [3.05, 3.63) is 0 Å². The lowest BCUT2D eigenvalue weighted by atomic mass is 9.84. The smallest absolute Gasteiger partial charge is 0.0156 e. The molecule has 1 heterocycles. The third-order valence-corrected chi connectivity index (χ3v) is 3.72. The van der Waals surface area contributed by atoms with Crippen molar-refractivity contribution in [1.29, 1.82) is 0 Å². The normalized spacial score (nSPS) is 34.8. The van der Waals surface area contributed by atoms with Crippen LogP contribution in [0.1, 0.15) is 39.5 Å². The van der Waals surface area contributed by atoms with Crippen LogP contribution in [0.15, 0.2) is 0 Å². The molecule has 0 aromatic heterocycles. The van der Waals surface area contributed by atoms with Crippen LogP contribution in [0, 0.1) is 5.92 Å². The summed E-state index contributed by atoms with van der Waals surface area (Å²) in [5.41, 5.74) is 6.19. The van der Waals surface area contributed by atoms with Crippen LogP contribution in [0.5, 0.6) is 0 Å². The first-order chi connectivity index (χ1) is 6.13. The van der Waals surface area contributed by atoms with Gasteiger partial charge in [0.2, 0.25) is 0 Å². The molecule has 1 unspecified atom stereocenters. The van der Waals surface area contributed by atoms with Crippen molar-refractivity contribution in [1.82, 2.24) is 4.90 Å². The van der Waals surface area contributed by atoms with Crippen LogP contribution >= 0.6 is 0 Å². The van der Waals surface area contributed by atoms with E-state index in [0.29, 0.717) is 5.54 Å². The number of likely N-dealkylation sites (tertiary alicyclic amines) is 1. The van der Waals surface area contributed by atoms with E-state index in [1.807, 2.05) is 0 Å². The fourth-order valence-electron chi connectivity index (χ4n) is 2.54. The van der Waals surface area contributed by atoms with Gasteiger partial charge in [0.25, 0.3) is 0 Å². The molecule has 2 N–H and O–H groups in total. The summed E-state index contributed by atoms with van der Waals surface area (Å²) in [6.45, 7) is 6.89. The summed E-state index contributed by atoms with van der Waals surface area (Å²) in [5, 5.41) is 0. The van der Waals surface area contributed by atoms with Crippen molar-refractivity contribution < 1.29 is 0 Å². The molecule has 1 saturated heterocycles. The van der Waals surface area contributed by atoms with Gasteiger partial charge in [0.15, 0.2) is 0 Å². The van der Waals surface area contributed by atoms with Crippen molar-refractivity contribution in [2.24, 2.45) is 11.7 Å². The molecule has 1 aliphatic heterocycles. The molecule has 2 aliphatic rings. The Morgan fingerprint density at radius 2 is 2.00 bits per heavy atom. The minimum absolute atomic E-state index is 0.437. The molecule has 13 heavy (non-hydrogen) atoms. The van der Waals surface area contributed by atoms with Gasteiger partial charge in [-0.3, -0.25) is 4.90 Å². The van der Waals surface area contributed by atoms with Gasteiger partial charge in [0.05, 0.1) is 0 Å². The molecule has 0 bridgehead atoms. The lowest BCUT2D eigenvalue weighted by molar-refractivity contribution is 0.0400. The molecule has 2 rings (SSSR count).